The van der Waals surface area contributed by atoms with Gasteiger partial charge in [-0.2, -0.15) is 4.98 Å². The molecule has 220 valence electrons. The topological polar surface area (TPSA) is 114 Å². The van der Waals surface area contributed by atoms with Gasteiger partial charge in [-0.05, 0) is 56.3 Å². The molecule has 12 nitrogen and oxygen atoms in total. The summed E-state index contributed by atoms with van der Waals surface area (Å²) in [6, 6.07) is 11.8. The van der Waals surface area contributed by atoms with E-state index in [2.05, 4.69) is 51.1 Å². The molecule has 3 aliphatic heterocycles. The number of nitrogens with zero attached hydrogens (tertiary/aromatic N) is 8. The molecule has 3 aromatic heterocycles. The van der Waals surface area contributed by atoms with Crippen LogP contribution in [0.1, 0.15) is 25.7 Å². The van der Waals surface area contributed by atoms with Crippen molar-refractivity contribution in [3.8, 4) is 23.4 Å². The smallest absolute Gasteiger partial charge is 0.279 e. The van der Waals surface area contributed by atoms with E-state index in [0.29, 0.717) is 40.9 Å². The van der Waals surface area contributed by atoms with Gasteiger partial charge in [0.1, 0.15) is 11.9 Å². The van der Waals surface area contributed by atoms with Gasteiger partial charge >= 0.3 is 0 Å². The number of amides is 1. The van der Waals surface area contributed by atoms with E-state index >= 15 is 0 Å². The number of aromatic nitrogens is 5. The second kappa shape index (κ2) is 11.4. The van der Waals surface area contributed by atoms with Gasteiger partial charge in [0.05, 0.1) is 0 Å². The summed E-state index contributed by atoms with van der Waals surface area (Å²) in [5.41, 5.74) is 2.15. The molecule has 0 spiro atoms. The molecule has 43 heavy (non-hydrogen) atoms. The maximum Gasteiger partial charge on any atom is 0.279 e. The van der Waals surface area contributed by atoms with Crippen LogP contribution < -0.4 is 25.4 Å². The van der Waals surface area contributed by atoms with Crippen molar-refractivity contribution in [2.45, 2.75) is 32.2 Å². The first-order chi connectivity index (χ1) is 21.0. The fourth-order valence-corrected chi connectivity index (χ4v) is 5.71. The molecule has 1 fully saturated rings. The number of benzene rings is 1. The van der Waals surface area contributed by atoms with Gasteiger partial charge in [-0.3, -0.25) is 14.5 Å². The quantitative estimate of drug-likeness (QED) is 0.366. The lowest BCUT2D eigenvalue weighted by Gasteiger charge is -2.34. The van der Waals surface area contributed by atoms with E-state index in [1.165, 1.54) is 16.6 Å². The highest BCUT2D eigenvalue weighted by Crippen LogP contribution is 2.32. The Morgan fingerprint density at radius 3 is 2.58 bits per heavy atom. The summed E-state index contributed by atoms with van der Waals surface area (Å²) in [6.45, 7) is 4.77. The van der Waals surface area contributed by atoms with Gasteiger partial charge in [0.15, 0.2) is 29.6 Å². The number of carbonyl (C=O) groups is 1. The predicted molar refractivity (Wildman–Crippen MR) is 164 cm³/mol. The molecular weight excluding hydrogens is 546 g/mol. The summed E-state index contributed by atoms with van der Waals surface area (Å²) in [7, 11) is 2.15. The summed E-state index contributed by atoms with van der Waals surface area (Å²) in [4.78, 5) is 46.9. The summed E-state index contributed by atoms with van der Waals surface area (Å²) < 4.78 is 8.88. The van der Waals surface area contributed by atoms with Crippen LogP contribution in [0.25, 0.3) is 16.9 Å². The molecule has 4 aromatic rings. The molecule has 6 heterocycles. The number of fused-ring (bicyclic) bond motifs is 5. The van der Waals surface area contributed by atoms with Crippen molar-refractivity contribution in [1.29, 1.82) is 0 Å². The molecule has 1 amide bonds. The van der Waals surface area contributed by atoms with E-state index in [4.69, 9.17) is 14.7 Å². The van der Waals surface area contributed by atoms with Crippen LogP contribution >= 0.6 is 0 Å². The van der Waals surface area contributed by atoms with Gasteiger partial charge in [0.25, 0.3) is 11.5 Å². The Labute approximate surface area is 248 Å². The van der Waals surface area contributed by atoms with E-state index in [1.54, 1.807) is 21.7 Å². The van der Waals surface area contributed by atoms with Gasteiger partial charge in [-0.1, -0.05) is 12.3 Å². The summed E-state index contributed by atoms with van der Waals surface area (Å²) in [6.07, 6.45) is 4.97. The SMILES string of the molecule is CN1CCN(c2ccc(Nc3ncc4c(=O)n5n(c4n3)-c3ccc4c(n3)N(CCCCCC#CC5)C(=O)CO4)cc2)CC1. The molecular formula is C31H33N9O3. The van der Waals surface area contributed by atoms with Gasteiger partial charge in [-0.25, -0.2) is 19.3 Å². The molecule has 7 rings (SSSR count). The highest BCUT2D eigenvalue weighted by atomic mass is 16.5. The van der Waals surface area contributed by atoms with Crippen molar-refractivity contribution in [1.82, 2.24) is 29.2 Å². The van der Waals surface area contributed by atoms with Crippen LogP contribution in [-0.4, -0.2) is 81.5 Å². The minimum atomic E-state index is -0.261. The number of nitrogens with one attached hydrogen (secondary N) is 1. The minimum Gasteiger partial charge on any atom is -0.480 e. The maximum atomic E-state index is 13.6. The highest BCUT2D eigenvalue weighted by Gasteiger charge is 2.28. The minimum absolute atomic E-state index is 0.0186. The molecule has 3 aliphatic rings. The Morgan fingerprint density at radius 2 is 1.74 bits per heavy atom. The average Bonchev–Trinajstić information content (AvgIpc) is 3.30. The molecule has 1 aromatic carbocycles. The molecule has 0 radical (unpaired) electrons. The van der Waals surface area contributed by atoms with Crippen LogP contribution in [0.2, 0.25) is 0 Å². The van der Waals surface area contributed by atoms with Crippen LogP contribution in [-0.2, 0) is 11.3 Å². The van der Waals surface area contributed by atoms with Gasteiger partial charge < -0.3 is 19.9 Å². The molecule has 0 atom stereocenters. The van der Waals surface area contributed by atoms with Gasteiger partial charge in [-0.15, -0.1) is 5.92 Å². The number of hydrogen-bond donors (Lipinski definition) is 1. The van der Waals surface area contributed by atoms with Crippen LogP contribution in [0.5, 0.6) is 5.75 Å². The second-order valence-electron chi connectivity index (χ2n) is 11.1. The number of piperazine rings is 1. The zero-order chi connectivity index (χ0) is 29.3. The Balaban J connectivity index is 1.27. The van der Waals surface area contributed by atoms with Crippen LogP contribution in [0.4, 0.5) is 23.1 Å². The van der Waals surface area contributed by atoms with Crippen molar-refractivity contribution in [2.75, 3.05) is 61.5 Å². The maximum absolute atomic E-state index is 13.6. The number of ether oxygens (including phenoxy) is 1. The molecule has 2 bridgehead atoms. The number of rotatable bonds is 3. The van der Waals surface area contributed by atoms with E-state index in [1.807, 2.05) is 12.1 Å². The van der Waals surface area contributed by atoms with Crippen LogP contribution in [0.15, 0.2) is 47.4 Å². The Kier molecular flexibility index (Phi) is 7.16. The molecule has 0 saturated carbocycles. The van der Waals surface area contributed by atoms with Crippen LogP contribution in [0, 0.1) is 11.8 Å². The van der Waals surface area contributed by atoms with Crippen molar-refractivity contribution in [3.63, 3.8) is 0 Å². The fraction of sp³-hybridized carbons (Fsp3) is 0.387. The van der Waals surface area contributed by atoms with Gasteiger partial charge in [0, 0.05) is 56.7 Å². The predicted octanol–water partition coefficient (Wildman–Crippen LogP) is 2.78. The Hall–Kier alpha value is -4.89. The third-order valence-electron chi connectivity index (χ3n) is 8.15. The summed E-state index contributed by atoms with van der Waals surface area (Å²) in [5.74, 6) is 7.98. The number of hydrogen-bond acceptors (Lipinski definition) is 9. The third kappa shape index (κ3) is 5.28. The summed E-state index contributed by atoms with van der Waals surface area (Å²) in [5, 5.41) is 3.64. The normalized spacial score (nSPS) is 17.5. The van der Waals surface area contributed by atoms with E-state index in [9.17, 15) is 9.59 Å². The number of pyridine rings is 1. The zero-order valence-electron chi connectivity index (χ0n) is 24.1. The molecule has 1 N–H and O–H groups in total. The third-order valence-corrected chi connectivity index (χ3v) is 8.15. The summed E-state index contributed by atoms with van der Waals surface area (Å²) >= 11 is 0. The average molecular weight is 580 g/mol. The van der Waals surface area contributed by atoms with E-state index in [0.717, 1.165) is 57.5 Å². The first-order valence-electron chi connectivity index (χ1n) is 14.7. The fourth-order valence-electron chi connectivity index (χ4n) is 5.71. The van der Waals surface area contributed by atoms with Crippen LogP contribution in [0.3, 0.4) is 0 Å². The van der Waals surface area contributed by atoms with Crippen molar-refractivity contribution in [3.05, 3.63) is 52.9 Å². The molecule has 0 unspecified atom stereocenters. The largest absolute Gasteiger partial charge is 0.480 e. The standard InChI is InChI=1S/C31H33N9O3/c1-36-16-18-37(19-17-36)23-10-8-22(9-11-23)33-31-32-20-24-28(35-31)40-26-13-12-25-29(34-26)38(27(41)21-43-25)14-6-4-2-3-5-7-15-39(40)30(24)42/h8-13,20H,2-4,6,14-19,21H2,1H3,(H,32,33,35). The molecule has 12 heteroatoms. The molecule has 1 saturated heterocycles. The first kappa shape index (κ1) is 27.0. The lowest BCUT2D eigenvalue weighted by Crippen LogP contribution is -2.44. The number of carbonyl (C=O) groups excluding carboxylic acids is 1. The van der Waals surface area contributed by atoms with E-state index in [-0.39, 0.29) is 24.6 Å². The van der Waals surface area contributed by atoms with E-state index < -0.39 is 0 Å². The van der Waals surface area contributed by atoms with Crippen molar-refractivity contribution >= 4 is 40.1 Å². The zero-order valence-corrected chi connectivity index (χ0v) is 24.1. The lowest BCUT2D eigenvalue weighted by molar-refractivity contribution is -0.121. The Bertz CT molecular complexity index is 1790. The van der Waals surface area contributed by atoms with Crippen molar-refractivity contribution in [2.24, 2.45) is 0 Å². The number of likely N-dealkylation sites (N-methyl/N-ethyl adjacent to an activating group) is 1. The second-order valence-corrected chi connectivity index (χ2v) is 11.1. The highest BCUT2D eigenvalue weighted by molar-refractivity contribution is 5.96. The molecule has 0 aliphatic carbocycles. The Morgan fingerprint density at radius 1 is 0.907 bits per heavy atom. The lowest BCUT2D eigenvalue weighted by atomic mass is 10.2. The number of anilines is 4. The van der Waals surface area contributed by atoms with Gasteiger partial charge in [0.2, 0.25) is 5.95 Å². The monoisotopic (exact) mass is 579 g/mol. The van der Waals surface area contributed by atoms with Crippen molar-refractivity contribution < 1.29 is 9.53 Å². The first-order valence-corrected chi connectivity index (χ1v) is 14.7.